The molecule has 1 aliphatic heterocycles. The van der Waals surface area contributed by atoms with Crippen LogP contribution in [0.15, 0.2) is 18.2 Å². The molecule has 3 N–H and O–H groups in total. The number of ether oxygens (including phenoxy) is 2. The highest BCUT2D eigenvalue weighted by molar-refractivity contribution is 5.80. The number of nitrogens with two attached hydrogens (primary N) is 1. The molecule has 2 unspecified atom stereocenters. The molecule has 3 rings (SSSR count). The molecule has 1 aromatic rings. The zero-order valence-electron chi connectivity index (χ0n) is 16.8. The molecule has 1 aliphatic carbocycles. The van der Waals surface area contributed by atoms with Crippen molar-refractivity contribution in [1.29, 1.82) is 0 Å². The van der Waals surface area contributed by atoms with Gasteiger partial charge in [-0.25, -0.2) is 0 Å². The van der Waals surface area contributed by atoms with Gasteiger partial charge in [0.1, 0.15) is 11.5 Å². The highest BCUT2D eigenvalue weighted by atomic mass is 16.5. The number of methoxy groups -OCH3 is 2. The van der Waals surface area contributed by atoms with E-state index in [9.17, 15) is 4.79 Å². The standard InChI is InChI=1S/C21H33N3O3/c1-21(22)9-5-4-6-19(21)20(25)24-10-7-15(8-11-24)23-16-12-17(26-2)14-18(13-16)27-3/h12-15,19,23H,4-11,22H2,1-3H3. The lowest BCUT2D eigenvalue weighted by atomic mass is 9.74. The van der Waals surface area contributed by atoms with Gasteiger partial charge in [-0.3, -0.25) is 4.79 Å². The fraction of sp³-hybridized carbons (Fsp3) is 0.667. The first kappa shape index (κ1) is 19.8. The van der Waals surface area contributed by atoms with Crippen molar-refractivity contribution < 1.29 is 14.3 Å². The summed E-state index contributed by atoms with van der Waals surface area (Å²) in [4.78, 5) is 15.0. The second-order valence-electron chi connectivity index (χ2n) is 8.15. The third kappa shape index (κ3) is 4.67. The Hall–Kier alpha value is -1.95. The minimum absolute atomic E-state index is 0.0293. The smallest absolute Gasteiger partial charge is 0.227 e. The normalized spacial score (nSPS) is 26.5. The van der Waals surface area contributed by atoms with Crippen LogP contribution in [0.25, 0.3) is 0 Å². The molecule has 0 radical (unpaired) electrons. The summed E-state index contributed by atoms with van der Waals surface area (Å²) in [6.45, 7) is 3.60. The molecule has 1 heterocycles. The summed E-state index contributed by atoms with van der Waals surface area (Å²) in [5, 5.41) is 3.56. The monoisotopic (exact) mass is 375 g/mol. The van der Waals surface area contributed by atoms with Gasteiger partial charge in [-0.05, 0) is 32.6 Å². The second kappa shape index (κ2) is 8.38. The first-order chi connectivity index (χ1) is 12.9. The number of likely N-dealkylation sites (tertiary alicyclic amines) is 1. The van der Waals surface area contributed by atoms with Gasteiger partial charge in [0.2, 0.25) is 5.91 Å². The second-order valence-corrected chi connectivity index (χ2v) is 8.15. The number of nitrogens with zero attached hydrogens (tertiary/aromatic N) is 1. The topological polar surface area (TPSA) is 76.8 Å². The van der Waals surface area contributed by atoms with E-state index < -0.39 is 0 Å². The van der Waals surface area contributed by atoms with Crippen LogP contribution in [-0.2, 0) is 4.79 Å². The van der Waals surface area contributed by atoms with Crippen molar-refractivity contribution in [2.45, 2.75) is 57.0 Å². The first-order valence-corrected chi connectivity index (χ1v) is 10.00. The molecular weight excluding hydrogens is 342 g/mol. The molecule has 2 aliphatic rings. The maximum atomic E-state index is 13.0. The lowest BCUT2D eigenvalue weighted by Crippen LogP contribution is -2.55. The molecule has 0 spiro atoms. The first-order valence-electron chi connectivity index (χ1n) is 10.00. The highest BCUT2D eigenvalue weighted by Gasteiger charge is 2.40. The van der Waals surface area contributed by atoms with E-state index in [0.717, 1.165) is 68.8 Å². The van der Waals surface area contributed by atoms with E-state index in [1.165, 1.54) is 0 Å². The number of hydrogen-bond acceptors (Lipinski definition) is 5. The maximum Gasteiger partial charge on any atom is 0.227 e. The number of amides is 1. The number of hydrogen-bond donors (Lipinski definition) is 2. The Bertz CT molecular complexity index is 632. The zero-order chi connectivity index (χ0) is 19.4. The van der Waals surface area contributed by atoms with Crippen LogP contribution in [0.1, 0.15) is 45.4 Å². The third-order valence-corrected chi connectivity index (χ3v) is 6.08. The summed E-state index contributed by atoms with van der Waals surface area (Å²) < 4.78 is 10.7. The lowest BCUT2D eigenvalue weighted by molar-refractivity contribution is -0.139. The van der Waals surface area contributed by atoms with E-state index >= 15 is 0 Å². The molecule has 1 saturated heterocycles. The number of nitrogens with one attached hydrogen (secondary N) is 1. The Morgan fingerprint density at radius 2 is 1.74 bits per heavy atom. The molecule has 2 fully saturated rings. The van der Waals surface area contributed by atoms with Crippen molar-refractivity contribution in [1.82, 2.24) is 4.90 Å². The summed E-state index contributed by atoms with van der Waals surface area (Å²) in [5.74, 6) is 1.76. The average Bonchev–Trinajstić information content (AvgIpc) is 2.67. The molecule has 1 saturated carbocycles. The lowest BCUT2D eigenvalue weighted by Gasteiger charge is -2.42. The Morgan fingerprint density at radius 1 is 1.11 bits per heavy atom. The molecule has 2 atom stereocenters. The summed E-state index contributed by atoms with van der Waals surface area (Å²) in [6.07, 6.45) is 5.97. The number of carbonyl (C=O) groups is 1. The van der Waals surface area contributed by atoms with E-state index in [4.69, 9.17) is 15.2 Å². The number of rotatable bonds is 5. The molecule has 6 heteroatoms. The van der Waals surface area contributed by atoms with E-state index in [0.29, 0.717) is 6.04 Å². The Balaban J connectivity index is 1.57. The van der Waals surface area contributed by atoms with Crippen molar-refractivity contribution in [3.05, 3.63) is 18.2 Å². The largest absolute Gasteiger partial charge is 0.497 e. The van der Waals surface area contributed by atoms with Gasteiger partial charge in [-0.1, -0.05) is 12.8 Å². The van der Waals surface area contributed by atoms with Gasteiger partial charge in [0.05, 0.1) is 20.1 Å². The molecule has 1 amide bonds. The van der Waals surface area contributed by atoms with Gasteiger partial charge < -0.3 is 25.4 Å². The van der Waals surface area contributed by atoms with Crippen LogP contribution in [0.4, 0.5) is 5.69 Å². The number of piperidine rings is 1. The molecule has 1 aromatic carbocycles. The van der Waals surface area contributed by atoms with E-state index in [1.807, 2.05) is 30.0 Å². The Labute approximate surface area is 162 Å². The molecule has 27 heavy (non-hydrogen) atoms. The van der Waals surface area contributed by atoms with Crippen molar-refractivity contribution in [3.8, 4) is 11.5 Å². The fourth-order valence-electron chi connectivity index (χ4n) is 4.35. The summed E-state index contributed by atoms with van der Waals surface area (Å²) in [6, 6.07) is 6.14. The zero-order valence-corrected chi connectivity index (χ0v) is 16.8. The van der Waals surface area contributed by atoms with Gasteiger partial charge in [-0.15, -0.1) is 0 Å². The minimum Gasteiger partial charge on any atom is -0.497 e. The van der Waals surface area contributed by atoms with Crippen molar-refractivity contribution in [2.75, 3.05) is 32.6 Å². The summed E-state index contributed by atoms with van der Waals surface area (Å²) >= 11 is 0. The Morgan fingerprint density at radius 3 is 2.30 bits per heavy atom. The molecule has 0 bridgehead atoms. The molecular formula is C21H33N3O3. The Kier molecular flexibility index (Phi) is 6.15. The maximum absolute atomic E-state index is 13.0. The SMILES string of the molecule is COc1cc(NC2CCN(C(=O)C3CCCCC3(C)N)CC2)cc(OC)c1. The molecule has 6 nitrogen and oxygen atoms in total. The average molecular weight is 376 g/mol. The number of carbonyl (C=O) groups excluding carboxylic acids is 1. The predicted molar refractivity (Wildman–Crippen MR) is 107 cm³/mol. The van der Waals surface area contributed by atoms with Gasteiger partial charge in [0, 0.05) is 48.6 Å². The van der Waals surface area contributed by atoms with E-state index in [1.54, 1.807) is 14.2 Å². The highest BCUT2D eigenvalue weighted by Crippen LogP contribution is 2.34. The minimum atomic E-state index is -0.360. The third-order valence-electron chi connectivity index (χ3n) is 6.08. The van der Waals surface area contributed by atoms with Gasteiger partial charge in [0.25, 0.3) is 0 Å². The van der Waals surface area contributed by atoms with Crippen molar-refractivity contribution in [3.63, 3.8) is 0 Å². The van der Waals surface area contributed by atoms with Gasteiger partial charge >= 0.3 is 0 Å². The van der Waals surface area contributed by atoms with Crippen LogP contribution in [0.5, 0.6) is 11.5 Å². The van der Waals surface area contributed by atoms with Crippen LogP contribution >= 0.6 is 0 Å². The number of benzene rings is 1. The fourth-order valence-corrected chi connectivity index (χ4v) is 4.35. The van der Waals surface area contributed by atoms with Crippen LogP contribution in [0, 0.1) is 5.92 Å². The van der Waals surface area contributed by atoms with E-state index in [-0.39, 0.29) is 17.4 Å². The molecule has 0 aromatic heterocycles. The van der Waals surface area contributed by atoms with Crippen LogP contribution in [0.2, 0.25) is 0 Å². The summed E-state index contributed by atoms with van der Waals surface area (Å²) in [7, 11) is 3.30. The quantitative estimate of drug-likeness (QED) is 0.827. The summed E-state index contributed by atoms with van der Waals surface area (Å²) in [5.41, 5.74) is 7.05. The van der Waals surface area contributed by atoms with Gasteiger partial charge in [-0.2, -0.15) is 0 Å². The van der Waals surface area contributed by atoms with Crippen molar-refractivity contribution in [2.24, 2.45) is 11.7 Å². The van der Waals surface area contributed by atoms with Crippen molar-refractivity contribution >= 4 is 11.6 Å². The van der Waals surface area contributed by atoms with Crippen LogP contribution < -0.4 is 20.5 Å². The van der Waals surface area contributed by atoms with Crippen LogP contribution in [-0.4, -0.2) is 49.7 Å². The number of anilines is 1. The van der Waals surface area contributed by atoms with Gasteiger partial charge in [0.15, 0.2) is 0 Å². The van der Waals surface area contributed by atoms with Crippen LogP contribution in [0.3, 0.4) is 0 Å². The predicted octanol–water partition coefficient (Wildman–Crippen LogP) is 3.01. The molecule has 150 valence electrons. The van der Waals surface area contributed by atoms with E-state index in [2.05, 4.69) is 5.32 Å².